The van der Waals surface area contributed by atoms with Gasteiger partial charge in [0.25, 0.3) is 0 Å². The Bertz CT molecular complexity index is 418. The van der Waals surface area contributed by atoms with E-state index in [0.717, 1.165) is 5.56 Å². The molecule has 4 nitrogen and oxygen atoms in total. The van der Waals surface area contributed by atoms with E-state index in [9.17, 15) is 8.96 Å². The zero-order valence-electron chi connectivity index (χ0n) is 10.8. The highest BCUT2D eigenvalue weighted by Gasteiger charge is 2.19. The van der Waals surface area contributed by atoms with Crippen molar-refractivity contribution in [3.05, 3.63) is 29.8 Å². The fourth-order valence-corrected chi connectivity index (χ4v) is 2.24. The standard InChI is InChI=1S/C12H19FNO3P/c1-16-12(11(14)8-13)9-4-6-10(7-5-9)17-18(2,3)15/h4-7,11-12H,8,14H2,1-3H3. The Kier molecular flexibility index (Phi) is 5.32. The van der Waals surface area contributed by atoms with Crippen LogP contribution in [0.1, 0.15) is 11.7 Å². The highest BCUT2D eigenvalue weighted by molar-refractivity contribution is 7.57. The second kappa shape index (κ2) is 6.32. The number of halogens is 1. The van der Waals surface area contributed by atoms with Gasteiger partial charge in [-0.2, -0.15) is 0 Å². The molecule has 0 saturated carbocycles. The first-order valence-electron chi connectivity index (χ1n) is 5.56. The molecule has 0 aliphatic carbocycles. The Morgan fingerprint density at radius 3 is 2.28 bits per heavy atom. The number of methoxy groups -OCH3 is 1. The van der Waals surface area contributed by atoms with Crippen molar-refractivity contribution in [2.45, 2.75) is 12.1 Å². The third-order valence-corrected chi connectivity index (χ3v) is 3.01. The maximum atomic E-state index is 12.5. The summed E-state index contributed by atoms with van der Waals surface area (Å²) in [6.45, 7) is 2.42. The Morgan fingerprint density at radius 1 is 1.33 bits per heavy atom. The van der Waals surface area contributed by atoms with Crippen LogP contribution in [0.4, 0.5) is 4.39 Å². The predicted octanol–water partition coefficient (Wildman–Crippen LogP) is 2.59. The topological polar surface area (TPSA) is 61.5 Å². The first kappa shape index (κ1) is 15.2. The molecule has 0 aromatic heterocycles. The van der Waals surface area contributed by atoms with Crippen LogP contribution in [0.25, 0.3) is 0 Å². The van der Waals surface area contributed by atoms with Gasteiger partial charge >= 0.3 is 0 Å². The molecule has 2 N–H and O–H groups in total. The summed E-state index contributed by atoms with van der Waals surface area (Å²) >= 11 is 0. The minimum Gasteiger partial charge on any atom is -0.443 e. The van der Waals surface area contributed by atoms with E-state index in [-0.39, 0.29) is 0 Å². The van der Waals surface area contributed by atoms with Gasteiger partial charge in [-0.25, -0.2) is 4.39 Å². The summed E-state index contributed by atoms with van der Waals surface area (Å²) < 4.78 is 34.5. The minimum atomic E-state index is -2.57. The molecule has 2 atom stereocenters. The molecular weight excluding hydrogens is 256 g/mol. The van der Waals surface area contributed by atoms with Crippen LogP contribution in [0.5, 0.6) is 5.75 Å². The lowest BCUT2D eigenvalue weighted by molar-refractivity contribution is 0.0720. The van der Waals surface area contributed by atoms with Crippen molar-refractivity contribution in [2.24, 2.45) is 5.73 Å². The second-order valence-electron chi connectivity index (χ2n) is 4.39. The zero-order chi connectivity index (χ0) is 13.8. The van der Waals surface area contributed by atoms with Crippen LogP contribution in [-0.4, -0.2) is 33.2 Å². The summed E-state index contributed by atoms with van der Waals surface area (Å²) in [4.78, 5) is 0. The van der Waals surface area contributed by atoms with Crippen LogP contribution in [0.2, 0.25) is 0 Å². The number of ether oxygens (including phenoxy) is 1. The molecule has 18 heavy (non-hydrogen) atoms. The molecule has 102 valence electrons. The normalized spacial score (nSPS) is 15.2. The second-order valence-corrected chi connectivity index (χ2v) is 7.07. The number of hydrogen-bond donors (Lipinski definition) is 1. The van der Waals surface area contributed by atoms with Gasteiger partial charge in [0.05, 0.1) is 12.1 Å². The summed E-state index contributed by atoms with van der Waals surface area (Å²) in [6, 6.07) is 6.10. The maximum absolute atomic E-state index is 12.5. The Balaban J connectivity index is 2.84. The molecule has 0 aliphatic heterocycles. The monoisotopic (exact) mass is 275 g/mol. The van der Waals surface area contributed by atoms with E-state index in [2.05, 4.69) is 0 Å². The molecule has 0 bridgehead atoms. The molecule has 0 spiro atoms. The summed E-state index contributed by atoms with van der Waals surface area (Å²) in [5, 5.41) is 0. The SMILES string of the molecule is COC(c1ccc(OP(C)(C)=O)cc1)C(N)CF. The van der Waals surface area contributed by atoms with E-state index in [0.29, 0.717) is 5.75 Å². The van der Waals surface area contributed by atoms with E-state index in [1.54, 1.807) is 24.3 Å². The Morgan fingerprint density at radius 2 is 1.89 bits per heavy atom. The van der Waals surface area contributed by atoms with Crippen molar-refractivity contribution in [1.29, 1.82) is 0 Å². The van der Waals surface area contributed by atoms with Gasteiger partial charge in [-0.15, -0.1) is 0 Å². The van der Waals surface area contributed by atoms with Crippen molar-refractivity contribution in [2.75, 3.05) is 27.1 Å². The van der Waals surface area contributed by atoms with E-state index >= 15 is 0 Å². The lowest BCUT2D eigenvalue weighted by Crippen LogP contribution is -2.31. The molecule has 1 aromatic carbocycles. The van der Waals surface area contributed by atoms with Gasteiger partial charge in [-0.3, -0.25) is 4.57 Å². The molecule has 0 amide bonds. The fraction of sp³-hybridized carbons (Fsp3) is 0.500. The maximum Gasteiger partial charge on any atom is 0.242 e. The fourth-order valence-electron chi connectivity index (χ4n) is 1.61. The molecule has 1 aromatic rings. The number of alkyl halides is 1. The highest BCUT2D eigenvalue weighted by Crippen LogP contribution is 2.38. The van der Waals surface area contributed by atoms with E-state index in [1.807, 2.05) is 0 Å². The molecular formula is C12H19FNO3P. The van der Waals surface area contributed by atoms with Crippen molar-refractivity contribution in [3.63, 3.8) is 0 Å². The molecule has 6 heteroatoms. The quantitative estimate of drug-likeness (QED) is 0.811. The van der Waals surface area contributed by atoms with Crippen molar-refractivity contribution < 1.29 is 18.2 Å². The van der Waals surface area contributed by atoms with Gasteiger partial charge in [0, 0.05) is 20.4 Å². The number of hydrogen-bond acceptors (Lipinski definition) is 4. The van der Waals surface area contributed by atoms with Gasteiger partial charge < -0.3 is 15.0 Å². The van der Waals surface area contributed by atoms with Crippen molar-refractivity contribution >= 4 is 7.37 Å². The third kappa shape index (κ3) is 4.41. The molecule has 2 unspecified atom stereocenters. The van der Waals surface area contributed by atoms with Crippen LogP contribution in [-0.2, 0) is 9.30 Å². The summed E-state index contributed by atoms with van der Waals surface area (Å²) in [5.74, 6) is 0.510. The Labute approximate surface area is 107 Å². The van der Waals surface area contributed by atoms with Crippen LogP contribution in [0, 0.1) is 0 Å². The average Bonchev–Trinajstić information content (AvgIpc) is 2.30. The molecule has 0 heterocycles. The number of benzene rings is 1. The molecule has 0 radical (unpaired) electrons. The molecule has 1 rings (SSSR count). The molecule has 0 aliphatic rings. The third-order valence-electron chi connectivity index (χ3n) is 2.35. The van der Waals surface area contributed by atoms with Crippen molar-refractivity contribution in [3.8, 4) is 5.75 Å². The summed E-state index contributed by atoms with van der Waals surface area (Å²) in [6.07, 6.45) is -0.501. The lowest BCUT2D eigenvalue weighted by Gasteiger charge is -2.21. The predicted molar refractivity (Wildman–Crippen MR) is 70.2 cm³/mol. The number of nitrogens with two attached hydrogens (primary N) is 1. The zero-order valence-corrected chi connectivity index (χ0v) is 11.7. The summed E-state index contributed by atoms with van der Waals surface area (Å²) in [7, 11) is -1.09. The van der Waals surface area contributed by atoms with E-state index in [1.165, 1.54) is 20.4 Å². The van der Waals surface area contributed by atoms with E-state index in [4.69, 9.17) is 15.0 Å². The minimum absolute atomic E-state index is 0.501. The number of rotatable bonds is 6. The smallest absolute Gasteiger partial charge is 0.242 e. The largest absolute Gasteiger partial charge is 0.443 e. The lowest BCUT2D eigenvalue weighted by atomic mass is 10.0. The summed E-state index contributed by atoms with van der Waals surface area (Å²) in [5.41, 5.74) is 6.38. The van der Waals surface area contributed by atoms with Crippen molar-refractivity contribution in [1.82, 2.24) is 0 Å². The van der Waals surface area contributed by atoms with E-state index < -0.39 is 26.2 Å². The van der Waals surface area contributed by atoms with Crippen LogP contribution in [0.3, 0.4) is 0 Å². The highest BCUT2D eigenvalue weighted by atomic mass is 31.2. The molecule has 0 saturated heterocycles. The van der Waals surface area contributed by atoms with Gasteiger partial charge in [0.2, 0.25) is 7.37 Å². The van der Waals surface area contributed by atoms with Gasteiger partial charge in [-0.1, -0.05) is 12.1 Å². The van der Waals surface area contributed by atoms with Gasteiger partial charge in [0.15, 0.2) is 0 Å². The van der Waals surface area contributed by atoms with Crippen LogP contribution >= 0.6 is 7.37 Å². The average molecular weight is 275 g/mol. The Hall–Kier alpha value is -0.900. The first-order chi connectivity index (χ1) is 8.37. The van der Waals surface area contributed by atoms with Gasteiger partial charge in [0.1, 0.15) is 12.4 Å². The van der Waals surface area contributed by atoms with Gasteiger partial charge in [-0.05, 0) is 17.7 Å². The first-order valence-corrected chi connectivity index (χ1v) is 8.08. The van der Waals surface area contributed by atoms with Crippen LogP contribution < -0.4 is 10.3 Å². The molecule has 0 fully saturated rings. The van der Waals surface area contributed by atoms with Crippen LogP contribution in [0.15, 0.2) is 24.3 Å².